The number of rotatable bonds is 4. The largest absolute Gasteiger partial charge is 0.396 e. The number of carbonyl (C=O) groups is 2. The molecule has 6 heteroatoms. The van der Waals surface area contributed by atoms with E-state index < -0.39 is 0 Å². The molecular weight excluding hydrogens is 412 g/mol. The van der Waals surface area contributed by atoms with Crippen LogP contribution in [0.4, 0.5) is 5.69 Å². The summed E-state index contributed by atoms with van der Waals surface area (Å²) in [5.74, 6) is -0.571. The van der Waals surface area contributed by atoms with E-state index >= 15 is 0 Å². The molecule has 0 spiro atoms. The molecule has 2 amide bonds. The van der Waals surface area contributed by atoms with Crippen LogP contribution >= 0.6 is 11.6 Å². The van der Waals surface area contributed by atoms with Crippen molar-refractivity contribution < 1.29 is 14.7 Å². The van der Waals surface area contributed by atoms with Crippen LogP contribution in [0.5, 0.6) is 0 Å². The number of imide groups is 1. The number of amides is 2. The third-order valence-electron chi connectivity index (χ3n) is 6.22. The standard InChI is InChI=1S/C25H27ClN2O3/c1-15-6-9-20(17(3)11-15)22-23(27-10-4-5-18(13-27)14-29)25(31)28(24(22)30)21-12-19(26)8-7-16(21)2/h6-9,11-12,18,29H,4-5,10,13-14H2,1-3H3. The first-order valence-electron chi connectivity index (χ1n) is 10.6. The maximum atomic E-state index is 13.7. The molecule has 2 aromatic rings. The molecule has 1 N–H and O–H groups in total. The Morgan fingerprint density at radius 2 is 1.81 bits per heavy atom. The lowest BCUT2D eigenvalue weighted by Crippen LogP contribution is -2.40. The van der Waals surface area contributed by atoms with Crippen LogP contribution in [0.1, 0.15) is 35.1 Å². The number of anilines is 1. The number of likely N-dealkylation sites (tertiary alicyclic amines) is 1. The highest BCUT2D eigenvalue weighted by atomic mass is 35.5. The van der Waals surface area contributed by atoms with E-state index in [4.69, 9.17) is 11.6 Å². The molecule has 2 aliphatic heterocycles. The molecule has 1 atom stereocenters. The van der Waals surface area contributed by atoms with Gasteiger partial charge in [-0.15, -0.1) is 0 Å². The Morgan fingerprint density at radius 3 is 2.52 bits per heavy atom. The van der Waals surface area contributed by atoms with Crippen molar-refractivity contribution in [1.29, 1.82) is 0 Å². The van der Waals surface area contributed by atoms with E-state index in [2.05, 4.69) is 0 Å². The third-order valence-corrected chi connectivity index (χ3v) is 6.45. The Kier molecular flexibility index (Phi) is 5.91. The van der Waals surface area contributed by atoms with Gasteiger partial charge in [-0.05, 0) is 68.4 Å². The Balaban J connectivity index is 1.88. The highest BCUT2D eigenvalue weighted by Gasteiger charge is 2.44. The van der Waals surface area contributed by atoms with Crippen LogP contribution in [0.2, 0.25) is 5.02 Å². The van der Waals surface area contributed by atoms with Crippen molar-refractivity contribution in [3.8, 4) is 0 Å². The minimum Gasteiger partial charge on any atom is -0.396 e. The number of aryl methyl sites for hydroxylation is 3. The molecule has 5 nitrogen and oxygen atoms in total. The maximum absolute atomic E-state index is 13.7. The Bertz CT molecular complexity index is 1090. The van der Waals surface area contributed by atoms with Gasteiger partial charge in [0.15, 0.2) is 0 Å². The zero-order chi connectivity index (χ0) is 22.3. The summed E-state index contributed by atoms with van der Waals surface area (Å²) < 4.78 is 0. The highest BCUT2D eigenvalue weighted by molar-refractivity contribution is 6.46. The van der Waals surface area contributed by atoms with Crippen LogP contribution < -0.4 is 4.90 Å². The molecule has 31 heavy (non-hydrogen) atoms. The van der Waals surface area contributed by atoms with Crippen molar-refractivity contribution in [2.45, 2.75) is 33.6 Å². The number of hydrogen-bond acceptors (Lipinski definition) is 4. The second-order valence-electron chi connectivity index (χ2n) is 8.56. The maximum Gasteiger partial charge on any atom is 0.282 e. The summed E-state index contributed by atoms with van der Waals surface area (Å²) in [6.07, 6.45) is 1.78. The normalized spacial score (nSPS) is 19.6. The highest BCUT2D eigenvalue weighted by Crippen LogP contribution is 2.39. The van der Waals surface area contributed by atoms with E-state index in [1.54, 1.807) is 12.1 Å². The first kappa shape index (κ1) is 21.6. The zero-order valence-electron chi connectivity index (χ0n) is 18.1. The van der Waals surface area contributed by atoms with Gasteiger partial charge in [-0.2, -0.15) is 0 Å². The van der Waals surface area contributed by atoms with Crippen LogP contribution in [-0.4, -0.2) is 41.5 Å². The topological polar surface area (TPSA) is 60.9 Å². The molecule has 0 radical (unpaired) electrons. The van der Waals surface area contributed by atoms with E-state index in [1.807, 2.05) is 49.9 Å². The molecule has 0 aromatic heterocycles. The summed E-state index contributed by atoms with van der Waals surface area (Å²) in [7, 11) is 0. The predicted molar refractivity (Wildman–Crippen MR) is 123 cm³/mol. The van der Waals surface area contributed by atoms with Crippen molar-refractivity contribution in [3.05, 3.63) is 69.4 Å². The van der Waals surface area contributed by atoms with Gasteiger partial charge in [0.1, 0.15) is 5.70 Å². The zero-order valence-corrected chi connectivity index (χ0v) is 18.9. The van der Waals surface area contributed by atoms with Gasteiger partial charge in [0.05, 0.1) is 11.3 Å². The van der Waals surface area contributed by atoms with Crippen molar-refractivity contribution >= 4 is 34.7 Å². The van der Waals surface area contributed by atoms with Crippen LogP contribution in [0.25, 0.3) is 5.57 Å². The van der Waals surface area contributed by atoms with Gasteiger partial charge in [0.2, 0.25) is 0 Å². The van der Waals surface area contributed by atoms with Crippen LogP contribution in [-0.2, 0) is 9.59 Å². The van der Waals surface area contributed by atoms with E-state index in [9.17, 15) is 14.7 Å². The quantitative estimate of drug-likeness (QED) is 0.725. The monoisotopic (exact) mass is 438 g/mol. The van der Waals surface area contributed by atoms with Gasteiger partial charge < -0.3 is 10.0 Å². The second-order valence-corrected chi connectivity index (χ2v) is 8.99. The molecule has 2 aliphatic rings. The van der Waals surface area contributed by atoms with E-state index in [1.165, 1.54) is 4.90 Å². The SMILES string of the molecule is Cc1ccc(C2=C(N3CCCC(CO)C3)C(=O)N(c3cc(Cl)ccc3C)C2=O)c(C)c1. The number of piperidine rings is 1. The fourth-order valence-electron chi connectivity index (χ4n) is 4.61. The lowest BCUT2D eigenvalue weighted by Gasteiger charge is -2.34. The van der Waals surface area contributed by atoms with Crippen molar-refractivity contribution in [3.63, 3.8) is 0 Å². The van der Waals surface area contributed by atoms with Gasteiger partial charge in [0.25, 0.3) is 11.8 Å². The fraction of sp³-hybridized carbons (Fsp3) is 0.360. The van der Waals surface area contributed by atoms with Gasteiger partial charge in [-0.1, -0.05) is 41.4 Å². The van der Waals surface area contributed by atoms with Crippen molar-refractivity contribution in [2.24, 2.45) is 5.92 Å². The van der Waals surface area contributed by atoms with Gasteiger partial charge >= 0.3 is 0 Å². The minimum absolute atomic E-state index is 0.0714. The Labute approximate surface area is 187 Å². The number of carbonyl (C=O) groups excluding carboxylic acids is 2. The molecule has 2 heterocycles. The molecule has 4 rings (SSSR count). The van der Waals surface area contributed by atoms with Crippen molar-refractivity contribution in [2.75, 3.05) is 24.6 Å². The Morgan fingerprint density at radius 1 is 1.03 bits per heavy atom. The van der Waals surface area contributed by atoms with Crippen LogP contribution in [0.3, 0.4) is 0 Å². The number of aliphatic hydroxyl groups excluding tert-OH is 1. The lowest BCUT2D eigenvalue weighted by molar-refractivity contribution is -0.120. The molecule has 1 fully saturated rings. The number of aliphatic hydroxyl groups is 1. The molecule has 1 saturated heterocycles. The number of hydrogen-bond donors (Lipinski definition) is 1. The average molecular weight is 439 g/mol. The first-order chi connectivity index (χ1) is 14.8. The summed E-state index contributed by atoms with van der Waals surface area (Å²) >= 11 is 6.21. The summed E-state index contributed by atoms with van der Waals surface area (Å²) in [6, 6.07) is 11.1. The number of benzene rings is 2. The van der Waals surface area contributed by atoms with E-state index in [0.717, 1.165) is 35.1 Å². The van der Waals surface area contributed by atoms with Crippen LogP contribution in [0, 0.1) is 26.7 Å². The predicted octanol–water partition coefficient (Wildman–Crippen LogP) is 4.25. The number of halogens is 1. The summed E-state index contributed by atoms with van der Waals surface area (Å²) in [4.78, 5) is 30.7. The summed E-state index contributed by atoms with van der Waals surface area (Å²) in [5.41, 5.74) is 4.99. The summed E-state index contributed by atoms with van der Waals surface area (Å²) in [6.45, 7) is 7.14. The Hall–Kier alpha value is -2.63. The molecule has 162 valence electrons. The van der Waals surface area contributed by atoms with E-state index in [0.29, 0.717) is 35.1 Å². The smallest absolute Gasteiger partial charge is 0.282 e. The van der Waals surface area contributed by atoms with E-state index in [-0.39, 0.29) is 24.3 Å². The van der Waals surface area contributed by atoms with Gasteiger partial charge in [-0.25, -0.2) is 4.90 Å². The van der Waals surface area contributed by atoms with Crippen LogP contribution in [0.15, 0.2) is 42.1 Å². The lowest BCUT2D eigenvalue weighted by atomic mass is 9.95. The molecule has 2 aromatic carbocycles. The summed E-state index contributed by atoms with van der Waals surface area (Å²) in [5, 5.41) is 10.2. The second kappa shape index (κ2) is 8.48. The first-order valence-corrected chi connectivity index (χ1v) is 11.0. The molecule has 1 unspecified atom stereocenters. The fourth-order valence-corrected chi connectivity index (χ4v) is 4.77. The van der Waals surface area contributed by atoms with Crippen molar-refractivity contribution in [1.82, 2.24) is 4.90 Å². The molecular formula is C25H27ClN2O3. The average Bonchev–Trinajstić information content (AvgIpc) is 3.00. The van der Waals surface area contributed by atoms with Gasteiger partial charge in [-0.3, -0.25) is 9.59 Å². The number of nitrogens with zero attached hydrogens (tertiary/aromatic N) is 2. The molecule has 0 bridgehead atoms. The molecule has 0 saturated carbocycles. The third kappa shape index (κ3) is 3.88. The minimum atomic E-state index is -0.330. The molecule has 0 aliphatic carbocycles. The van der Waals surface area contributed by atoms with Gasteiger partial charge in [0, 0.05) is 24.7 Å².